The van der Waals surface area contributed by atoms with Gasteiger partial charge in [-0.3, -0.25) is 9.79 Å². The first-order valence-electron chi connectivity index (χ1n) is 8.67. The number of halogens is 2. The van der Waals surface area contributed by atoms with Gasteiger partial charge < -0.3 is 16.0 Å². The van der Waals surface area contributed by atoms with E-state index in [2.05, 4.69) is 20.9 Å². The van der Waals surface area contributed by atoms with Gasteiger partial charge in [-0.1, -0.05) is 48.5 Å². The normalized spacial score (nSPS) is 10.7. The molecule has 27 heavy (non-hydrogen) atoms. The Morgan fingerprint density at radius 3 is 2.33 bits per heavy atom. The van der Waals surface area contributed by atoms with Crippen molar-refractivity contribution in [2.75, 3.05) is 20.1 Å². The van der Waals surface area contributed by atoms with E-state index in [1.54, 1.807) is 19.2 Å². The van der Waals surface area contributed by atoms with Gasteiger partial charge >= 0.3 is 0 Å². The maximum Gasteiger partial charge on any atom is 0.222 e. The van der Waals surface area contributed by atoms with Crippen LogP contribution in [0.5, 0.6) is 0 Å². The van der Waals surface area contributed by atoms with Gasteiger partial charge in [0.05, 0.1) is 0 Å². The van der Waals surface area contributed by atoms with Crippen LogP contribution in [-0.4, -0.2) is 32.0 Å². The van der Waals surface area contributed by atoms with E-state index in [4.69, 9.17) is 0 Å². The second-order valence-electron chi connectivity index (χ2n) is 5.78. The zero-order valence-electron chi connectivity index (χ0n) is 15.4. The minimum absolute atomic E-state index is 0. The van der Waals surface area contributed by atoms with Crippen LogP contribution in [-0.2, 0) is 17.8 Å². The Bertz CT molecular complexity index is 725. The van der Waals surface area contributed by atoms with E-state index in [1.807, 2.05) is 36.4 Å². The lowest BCUT2D eigenvalue weighted by molar-refractivity contribution is -0.121. The Kier molecular flexibility index (Phi) is 11.1. The highest BCUT2D eigenvalue weighted by molar-refractivity contribution is 14.0. The summed E-state index contributed by atoms with van der Waals surface area (Å²) in [6.45, 7) is 1.55. The van der Waals surface area contributed by atoms with Gasteiger partial charge in [-0.05, 0) is 23.6 Å². The number of carbonyl (C=O) groups is 1. The Morgan fingerprint density at radius 1 is 0.963 bits per heavy atom. The van der Waals surface area contributed by atoms with Gasteiger partial charge in [0, 0.05) is 33.1 Å². The average molecular weight is 484 g/mol. The fourth-order valence-corrected chi connectivity index (χ4v) is 2.42. The second-order valence-corrected chi connectivity index (χ2v) is 5.78. The van der Waals surface area contributed by atoms with Gasteiger partial charge in [-0.2, -0.15) is 0 Å². The lowest BCUT2D eigenvalue weighted by Crippen LogP contribution is -2.40. The Balaban J connectivity index is 0.00000364. The smallest absolute Gasteiger partial charge is 0.222 e. The van der Waals surface area contributed by atoms with E-state index >= 15 is 0 Å². The maximum atomic E-state index is 13.6. The van der Waals surface area contributed by atoms with E-state index in [9.17, 15) is 9.18 Å². The molecule has 0 bridgehead atoms. The topological polar surface area (TPSA) is 65.5 Å². The molecular weight excluding hydrogens is 458 g/mol. The number of nitrogens with one attached hydrogen (secondary N) is 3. The molecule has 0 unspecified atom stereocenters. The third-order valence-corrected chi connectivity index (χ3v) is 3.85. The molecule has 2 aromatic rings. The average Bonchev–Trinajstić information content (AvgIpc) is 2.67. The summed E-state index contributed by atoms with van der Waals surface area (Å²) in [5, 5.41) is 9.08. The van der Waals surface area contributed by atoms with Crippen LogP contribution in [0, 0.1) is 5.82 Å². The van der Waals surface area contributed by atoms with Crippen molar-refractivity contribution in [3.05, 3.63) is 71.5 Å². The van der Waals surface area contributed by atoms with Crippen LogP contribution >= 0.6 is 24.0 Å². The van der Waals surface area contributed by atoms with Gasteiger partial charge in [-0.25, -0.2) is 4.39 Å². The largest absolute Gasteiger partial charge is 0.356 e. The number of aliphatic imine (C=N–C) groups is 1. The van der Waals surface area contributed by atoms with Crippen LogP contribution in [0.1, 0.15) is 17.5 Å². The minimum Gasteiger partial charge on any atom is -0.356 e. The number of amides is 1. The summed E-state index contributed by atoms with van der Waals surface area (Å²) in [4.78, 5) is 16.0. The summed E-state index contributed by atoms with van der Waals surface area (Å²) < 4.78 is 13.6. The van der Waals surface area contributed by atoms with Crippen LogP contribution in [0.3, 0.4) is 0 Å². The van der Waals surface area contributed by atoms with Crippen molar-refractivity contribution in [1.29, 1.82) is 0 Å². The first kappa shape index (κ1) is 22.9. The molecular formula is C20H26FIN4O. The molecule has 5 nitrogen and oxygen atoms in total. The van der Waals surface area contributed by atoms with Crippen molar-refractivity contribution in [3.8, 4) is 0 Å². The van der Waals surface area contributed by atoms with E-state index < -0.39 is 0 Å². The molecule has 1 amide bonds. The van der Waals surface area contributed by atoms with Gasteiger partial charge in [0.25, 0.3) is 0 Å². The predicted molar refractivity (Wildman–Crippen MR) is 118 cm³/mol. The van der Waals surface area contributed by atoms with Gasteiger partial charge in [0.15, 0.2) is 5.96 Å². The number of nitrogens with zero attached hydrogens (tertiary/aromatic N) is 1. The van der Waals surface area contributed by atoms with Crippen molar-refractivity contribution in [2.45, 2.75) is 19.4 Å². The molecule has 0 saturated heterocycles. The van der Waals surface area contributed by atoms with Crippen LogP contribution < -0.4 is 16.0 Å². The standard InChI is InChI=1S/C20H25FN4O.HI/c1-22-20(23-13-11-17-9-5-6-10-18(17)21)24-14-12-19(26)25-15-16-7-3-2-4-8-16;/h2-10H,11-15H2,1H3,(H,25,26)(H2,22,23,24);1H. The van der Waals surface area contributed by atoms with Crippen molar-refractivity contribution in [1.82, 2.24) is 16.0 Å². The fraction of sp³-hybridized carbons (Fsp3) is 0.300. The predicted octanol–water partition coefficient (Wildman–Crippen LogP) is 2.86. The fourth-order valence-electron chi connectivity index (χ4n) is 2.42. The molecule has 146 valence electrons. The monoisotopic (exact) mass is 484 g/mol. The van der Waals surface area contributed by atoms with Crippen molar-refractivity contribution >= 4 is 35.8 Å². The third-order valence-electron chi connectivity index (χ3n) is 3.85. The van der Waals surface area contributed by atoms with Crippen LogP contribution in [0.2, 0.25) is 0 Å². The molecule has 0 radical (unpaired) electrons. The molecule has 2 rings (SSSR count). The molecule has 0 aliphatic carbocycles. The van der Waals surface area contributed by atoms with Gasteiger partial charge in [-0.15, -0.1) is 24.0 Å². The van der Waals surface area contributed by atoms with Crippen LogP contribution in [0.25, 0.3) is 0 Å². The summed E-state index contributed by atoms with van der Waals surface area (Å²) in [7, 11) is 1.66. The first-order chi connectivity index (χ1) is 12.7. The summed E-state index contributed by atoms with van der Waals surface area (Å²) in [5.74, 6) is 0.368. The second kappa shape index (κ2) is 13.1. The lowest BCUT2D eigenvalue weighted by atomic mass is 10.1. The zero-order chi connectivity index (χ0) is 18.6. The van der Waals surface area contributed by atoms with Crippen molar-refractivity contribution < 1.29 is 9.18 Å². The molecule has 0 aromatic heterocycles. The number of benzene rings is 2. The first-order valence-corrected chi connectivity index (χ1v) is 8.67. The van der Waals surface area contributed by atoms with Gasteiger partial charge in [0.2, 0.25) is 5.91 Å². The summed E-state index contributed by atoms with van der Waals surface area (Å²) in [6.07, 6.45) is 0.909. The highest BCUT2D eigenvalue weighted by atomic mass is 127. The molecule has 0 spiro atoms. The number of hydrogen-bond acceptors (Lipinski definition) is 2. The SMILES string of the molecule is CN=C(NCCC(=O)NCc1ccccc1)NCCc1ccccc1F.I. The van der Waals surface area contributed by atoms with Crippen LogP contribution in [0.15, 0.2) is 59.6 Å². The van der Waals surface area contributed by atoms with Gasteiger partial charge in [0.1, 0.15) is 5.82 Å². The van der Waals surface area contributed by atoms with E-state index in [0.29, 0.717) is 44.0 Å². The molecule has 3 N–H and O–H groups in total. The lowest BCUT2D eigenvalue weighted by Gasteiger charge is -2.12. The molecule has 0 fully saturated rings. The highest BCUT2D eigenvalue weighted by Gasteiger charge is 2.04. The Labute approximate surface area is 176 Å². The Hall–Kier alpha value is -2.16. The number of hydrogen-bond donors (Lipinski definition) is 3. The maximum absolute atomic E-state index is 13.6. The quantitative estimate of drug-likeness (QED) is 0.307. The summed E-state index contributed by atoms with van der Waals surface area (Å²) in [6, 6.07) is 16.5. The number of guanidine groups is 1. The van der Waals surface area contributed by atoms with Crippen molar-refractivity contribution in [2.24, 2.45) is 4.99 Å². The molecule has 0 aliphatic heterocycles. The Morgan fingerprint density at radius 2 is 1.63 bits per heavy atom. The molecule has 0 heterocycles. The molecule has 0 saturated carbocycles. The van der Waals surface area contributed by atoms with E-state index in [1.165, 1.54) is 6.07 Å². The minimum atomic E-state index is -0.202. The van der Waals surface area contributed by atoms with E-state index in [-0.39, 0.29) is 35.7 Å². The molecule has 0 aliphatic rings. The van der Waals surface area contributed by atoms with E-state index in [0.717, 1.165) is 5.56 Å². The summed E-state index contributed by atoms with van der Waals surface area (Å²) >= 11 is 0. The number of rotatable bonds is 8. The summed E-state index contributed by atoms with van der Waals surface area (Å²) in [5.41, 5.74) is 1.73. The third kappa shape index (κ3) is 8.85. The van der Waals surface area contributed by atoms with Crippen molar-refractivity contribution in [3.63, 3.8) is 0 Å². The molecule has 2 aromatic carbocycles. The zero-order valence-corrected chi connectivity index (χ0v) is 17.7. The van der Waals surface area contributed by atoms with Crippen LogP contribution in [0.4, 0.5) is 4.39 Å². The molecule has 7 heteroatoms. The molecule has 0 atom stereocenters. The highest BCUT2D eigenvalue weighted by Crippen LogP contribution is 2.06. The number of carbonyl (C=O) groups excluding carboxylic acids is 1.